The maximum atomic E-state index is 14.6. The summed E-state index contributed by atoms with van der Waals surface area (Å²) in [5.74, 6) is 0.169. The van der Waals surface area contributed by atoms with Gasteiger partial charge in [0.2, 0.25) is 5.82 Å². The number of rotatable bonds is 11. The number of carbonyl (C=O) groups excluding carboxylic acids is 2. The van der Waals surface area contributed by atoms with Crippen LogP contribution in [0.2, 0.25) is 0 Å². The van der Waals surface area contributed by atoms with Crippen molar-refractivity contribution >= 4 is 28.4 Å². The highest BCUT2D eigenvalue weighted by Gasteiger charge is 2.41. The van der Waals surface area contributed by atoms with Crippen molar-refractivity contribution in [3.8, 4) is 22.5 Å². The Labute approximate surface area is 371 Å². The first-order valence-electron chi connectivity index (χ1n) is 21.4. The third-order valence-electron chi connectivity index (χ3n) is 11.8. The molecule has 0 bridgehead atoms. The maximum Gasteiger partial charge on any atom is 0.260 e. The molecule has 1 aliphatic rings. The van der Waals surface area contributed by atoms with Crippen LogP contribution < -0.4 is 4.90 Å². The van der Waals surface area contributed by atoms with Crippen LogP contribution in [0, 0.1) is 0 Å². The van der Waals surface area contributed by atoms with Crippen LogP contribution in [0.3, 0.4) is 0 Å². The number of fused-ring (bicyclic) bond motifs is 1. The number of para-hydroxylation sites is 1. The molecule has 7 aromatic carbocycles. The van der Waals surface area contributed by atoms with Crippen molar-refractivity contribution in [2.24, 2.45) is 0 Å². The summed E-state index contributed by atoms with van der Waals surface area (Å²) in [4.78, 5) is 38.0. The quantitative estimate of drug-likeness (QED) is 0.120. The van der Waals surface area contributed by atoms with Crippen LogP contribution in [0.15, 0.2) is 200 Å². The van der Waals surface area contributed by atoms with Gasteiger partial charge in [0.05, 0.1) is 30.8 Å². The second-order valence-electron chi connectivity index (χ2n) is 15.7. The zero-order valence-corrected chi connectivity index (χ0v) is 34.9. The number of tetrazole rings is 1. The zero-order chi connectivity index (χ0) is 43.3. The van der Waals surface area contributed by atoms with Crippen LogP contribution in [0.1, 0.15) is 43.0 Å². The Morgan fingerprint density at radius 3 is 1.89 bits per heavy atom. The minimum Gasteiger partial charge on any atom is -0.378 e. The molecule has 312 valence electrons. The first-order valence-corrected chi connectivity index (χ1v) is 21.4. The molecule has 1 fully saturated rings. The van der Waals surface area contributed by atoms with E-state index in [0.717, 1.165) is 49.8 Å². The summed E-state index contributed by atoms with van der Waals surface area (Å²) >= 11 is 0. The summed E-state index contributed by atoms with van der Waals surface area (Å²) in [6.45, 7) is 2.29. The molecule has 10 heteroatoms. The van der Waals surface area contributed by atoms with Crippen molar-refractivity contribution in [1.82, 2.24) is 30.1 Å². The van der Waals surface area contributed by atoms with Crippen molar-refractivity contribution in [2.75, 3.05) is 31.2 Å². The molecule has 0 saturated carbocycles. The summed E-state index contributed by atoms with van der Waals surface area (Å²) in [7, 11) is 0. The Morgan fingerprint density at radius 1 is 0.609 bits per heavy atom. The molecule has 9 aromatic rings. The molecular weight excluding hydrogens is 795 g/mol. The molecule has 1 saturated heterocycles. The molecule has 0 N–H and O–H groups in total. The molecular formula is C54H43N7O3. The first kappa shape index (κ1) is 40.0. The van der Waals surface area contributed by atoms with E-state index in [-0.39, 0.29) is 18.4 Å². The standard InChI is InChI=1S/C54H43N7O3/c62-52(59-31-33-64-34-32-59)42-16-14-23-47(36-42)60(53(63)43-35-41-15-10-13-26-50(41)55-37-43)38-39-27-29-40(30-28-39)48-24-11-12-25-49(48)51-56-58-61(57-51)54(44-17-4-1-5-18-44,45-19-6-2-7-20-45)46-21-8-3-9-22-46/h1-30,35-37H,31-34,38H2. The number of anilines is 1. The van der Waals surface area contributed by atoms with Crippen LogP contribution in [0.4, 0.5) is 5.69 Å². The van der Waals surface area contributed by atoms with Gasteiger partial charge in [0, 0.05) is 41.5 Å². The predicted molar refractivity (Wildman–Crippen MR) is 249 cm³/mol. The van der Waals surface area contributed by atoms with E-state index in [9.17, 15) is 9.59 Å². The molecule has 0 atom stereocenters. The fourth-order valence-electron chi connectivity index (χ4n) is 8.63. The predicted octanol–water partition coefficient (Wildman–Crippen LogP) is 9.71. The maximum absolute atomic E-state index is 14.6. The highest BCUT2D eigenvalue weighted by molar-refractivity contribution is 6.08. The second kappa shape index (κ2) is 17.7. The molecule has 0 spiro atoms. The topological polar surface area (TPSA) is 106 Å². The molecule has 0 radical (unpaired) electrons. The summed E-state index contributed by atoms with van der Waals surface area (Å²) in [6, 6.07) is 64.0. The number of benzene rings is 7. The summed E-state index contributed by atoms with van der Waals surface area (Å²) in [5.41, 5.74) is 8.08. The molecule has 64 heavy (non-hydrogen) atoms. The summed E-state index contributed by atoms with van der Waals surface area (Å²) in [5, 5.41) is 15.6. The van der Waals surface area contributed by atoms with Gasteiger partial charge in [0.1, 0.15) is 0 Å². The molecule has 0 unspecified atom stereocenters. The molecule has 2 amide bonds. The third-order valence-corrected chi connectivity index (χ3v) is 11.8. The average molecular weight is 838 g/mol. The summed E-state index contributed by atoms with van der Waals surface area (Å²) < 4.78 is 5.49. The number of nitrogens with zero attached hydrogens (tertiary/aromatic N) is 7. The van der Waals surface area contributed by atoms with Gasteiger partial charge in [-0.1, -0.05) is 164 Å². The number of carbonyl (C=O) groups is 2. The highest BCUT2D eigenvalue weighted by atomic mass is 16.5. The van der Waals surface area contributed by atoms with Crippen LogP contribution >= 0.6 is 0 Å². The Hall–Kier alpha value is -8.08. The van der Waals surface area contributed by atoms with Gasteiger partial charge in [-0.15, -0.1) is 15.0 Å². The van der Waals surface area contributed by atoms with E-state index >= 15 is 0 Å². The van der Waals surface area contributed by atoms with Crippen molar-refractivity contribution in [3.05, 3.63) is 234 Å². The molecule has 10 nitrogen and oxygen atoms in total. The number of amides is 2. The minimum absolute atomic E-state index is 0.0895. The largest absolute Gasteiger partial charge is 0.378 e. The van der Waals surface area contributed by atoms with Crippen molar-refractivity contribution in [2.45, 2.75) is 12.1 Å². The molecule has 2 aromatic heterocycles. The van der Waals surface area contributed by atoms with E-state index in [2.05, 4.69) is 59.6 Å². The highest BCUT2D eigenvalue weighted by Crippen LogP contribution is 2.40. The van der Waals surface area contributed by atoms with Crippen molar-refractivity contribution in [3.63, 3.8) is 0 Å². The first-order chi connectivity index (χ1) is 31.6. The Balaban J connectivity index is 0.995. The van der Waals surface area contributed by atoms with Crippen LogP contribution in [0.25, 0.3) is 33.4 Å². The fourth-order valence-corrected chi connectivity index (χ4v) is 8.63. The lowest BCUT2D eigenvalue weighted by atomic mass is 9.77. The summed E-state index contributed by atoms with van der Waals surface area (Å²) in [6.07, 6.45) is 1.62. The van der Waals surface area contributed by atoms with Gasteiger partial charge in [-0.25, -0.2) is 0 Å². The van der Waals surface area contributed by atoms with Crippen molar-refractivity contribution < 1.29 is 14.3 Å². The van der Waals surface area contributed by atoms with Gasteiger partial charge in [-0.3, -0.25) is 14.6 Å². The van der Waals surface area contributed by atoms with Gasteiger partial charge in [-0.05, 0) is 68.9 Å². The van der Waals surface area contributed by atoms with Gasteiger partial charge in [-0.2, -0.15) is 0 Å². The number of hydrogen-bond acceptors (Lipinski definition) is 7. The van der Waals surface area contributed by atoms with Crippen LogP contribution in [-0.4, -0.2) is 68.2 Å². The number of hydrogen-bond donors (Lipinski definition) is 0. The molecule has 0 aliphatic carbocycles. The van der Waals surface area contributed by atoms with Gasteiger partial charge >= 0.3 is 0 Å². The second-order valence-corrected chi connectivity index (χ2v) is 15.7. The minimum atomic E-state index is -0.910. The van der Waals surface area contributed by atoms with Crippen LogP contribution in [-0.2, 0) is 16.8 Å². The van der Waals surface area contributed by atoms with E-state index < -0.39 is 5.54 Å². The zero-order valence-electron chi connectivity index (χ0n) is 34.9. The Bertz CT molecular complexity index is 2960. The van der Waals surface area contributed by atoms with Crippen LogP contribution in [0.5, 0.6) is 0 Å². The number of morpholine rings is 1. The van der Waals surface area contributed by atoms with Gasteiger partial charge in [0.15, 0.2) is 5.54 Å². The van der Waals surface area contributed by atoms with Crippen molar-refractivity contribution in [1.29, 1.82) is 0 Å². The van der Waals surface area contributed by atoms with E-state index in [0.29, 0.717) is 48.9 Å². The van der Waals surface area contributed by atoms with E-state index in [1.807, 2.05) is 127 Å². The van der Waals surface area contributed by atoms with E-state index in [1.54, 1.807) is 32.9 Å². The van der Waals surface area contributed by atoms with E-state index in [4.69, 9.17) is 20.1 Å². The SMILES string of the molecule is O=C(c1cccc(N(Cc2ccc(-c3ccccc3-c3nnn(C(c4ccccc4)(c4ccccc4)c4ccccc4)n3)cc2)C(=O)c2cnc3ccccc3c2)c1)N1CCOCC1. The van der Waals surface area contributed by atoms with E-state index in [1.165, 1.54) is 0 Å². The smallest absolute Gasteiger partial charge is 0.260 e. The molecule has 3 heterocycles. The number of ether oxygens (including phenoxy) is 1. The average Bonchev–Trinajstić information content (AvgIpc) is 3.87. The molecule has 1 aliphatic heterocycles. The lowest BCUT2D eigenvalue weighted by Crippen LogP contribution is -2.40. The molecule has 10 rings (SSSR count). The fraction of sp³-hybridized carbons (Fsp3) is 0.111. The third kappa shape index (κ3) is 7.71. The number of pyridine rings is 1. The van der Waals surface area contributed by atoms with Gasteiger partial charge < -0.3 is 14.5 Å². The number of aromatic nitrogens is 5. The Morgan fingerprint density at radius 2 is 1.22 bits per heavy atom. The van der Waals surface area contributed by atoms with Gasteiger partial charge in [0.25, 0.3) is 11.8 Å². The normalized spacial score (nSPS) is 12.8. The lowest BCUT2D eigenvalue weighted by Gasteiger charge is -2.34. The monoisotopic (exact) mass is 837 g/mol. The lowest BCUT2D eigenvalue weighted by molar-refractivity contribution is 0.0303. The Kier molecular flexibility index (Phi) is 11.1.